The molecule has 0 aromatic carbocycles. The number of amides is 1. The summed E-state index contributed by atoms with van der Waals surface area (Å²) in [6.07, 6.45) is 6.77. The Balaban J connectivity index is 1.26. The molecule has 3 N–H and O–H groups in total. The first-order valence-electron chi connectivity index (χ1n) is 9.90. The van der Waals surface area contributed by atoms with Crippen LogP contribution in [0.1, 0.15) is 19.3 Å². The first-order valence-corrected chi connectivity index (χ1v) is 9.90. The number of likely N-dealkylation sites (N-methyl/N-ethyl adjacent to an activating group) is 1. The summed E-state index contributed by atoms with van der Waals surface area (Å²) in [6.45, 7) is 2.54. The van der Waals surface area contributed by atoms with Crippen LogP contribution in [0.3, 0.4) is 0 Å². The molecule has 2 fully saturated rings. The van der Waals surface area contributed by atoms with Crippen molar-refractivity contribution in [2.45, 2.75) is 25.3 Å². The van der Waals surface area contributed by atoms with Gasteiger partial charge in [-0.1, -0.05) is 0 Å². The fourth-order valence-corrected chi connectivity index (χ4v) is 3.96. The van der Waals surface area contributed by atoms with Crippen LogP contribution in [-0.2, 0) is 4.79 Å². The third kappa shape index (κ3) is 3.19. The zero-order chi connectivity index (χ0) is 19.1. The summed E-state index contributed by atoms with van der Waals surface area (Å²) < 4.78 is 0. The second-order valence-corrected chi connectivity index (χ2v) is 7.75. The van der Waals surface area contributed by atoms with Crippen LogP contribution in [0.25, 0.3) is 5.82 Å². The molecular formula is C20H25N7O. The van der Waals surface area contributed by atoms with Gasteiger partial charge in [-0.05, 0) is 37.5 Å². The Kier molecular flexibility index (Phi) is 4.18. The Morgan fingerprint density at radius 3 is 2.96 bits per heavy atom. The van der Waals surface area contributed by atoms with Crippen LogP contribution < -0.4 is 26.2 Å². The van der Waals surface area contributed by atoms with Crippen LogP contribution >= 0.6 is 0 Å². The number of nitrogens with zero attached hydrogens (tertiary/aromatic N) is 4. The molecule has 146 valence electrons. The van der Waals surface area contributed by atoms with Crippen LogP contribution in [0.4, 0.5) is 11.5 Å². The Morgan fingerprint density at radius 2 is 2.18 bits per heavy atom. The average Bonchev–Trinajstić information content (AvgIpc) is 3.26. The highest BCUT2D eigenvalue weighted by Crippen LogP contribution is 2.30. The standard InChI is InChI=1S/C20H25N7O/c1-26(17-5-4-14(10-22-17)25-20(28)13-2-3-13)15-7-9-27(11-15)19-16-6-8-21-18(16)23-12-24-19/h4-6,8,10,13,15,24H,2-3,7,9,11-12H2,1H3,(H,21,23)(H,25,28)/t15-/m1/s1. The molecule has 1 aliphatic carbocycles. The van der Waals surface area contributed by atoms with E-state index in [4.69, 9.17) is 0 Å². The number of carbonyl (C=O) groups is 1. The molecule has 1 atom stereocenters. The van der Waals surface area contributed by atoms with Gasteiger partial charge < -0.3 is 25.4 Å². The van der Waals surface area contributed by atoms with Crippen molar-refractivity contribution < 1.29 is 4.79 Å². The van der Waals surface area contributed by atoms with Gasteiger partial charge in [0.1, 0.15) is 23.8 Å². The quantitative estimate of drug-likeness (QED) is 0.691. The van der Waals surface area contributed by atoms with Gasteiger partial charge in [0.25, 0.3) is 0 Å². The molecule has 1 saturated heterocycles. The molecule has 2 aromatic rings. The molecule has 2 aliphatic heterocycles. The van der Waals surface area contributed by atoms with Crippen molar-refractivity contribution in [3.8, 4) is 0 Å². The number of aromatic nitrogens is 2. The molecule has 4 heterocycles. The minimum Gasteiger partial charge on any atom is -0.356 e. The maximum Gasteiger partial charge on any atom is 0.227 e. The van der Waals surface area contributed by atoms with E-state index in [0.29, 0.717) is 12.7 Å². The van der Waals surface area contributed by atoms with Gasteiger partial charge in [0.2, 0.25) is 5.91 Å². The number of rotatable bonds is 5. The number of nitrogens with one attached hydrogen (secondary N) is 3. The monoisotopic (exact) mass is 379 g/mol. The van der Waals surface area contributed by atoms with E-state index in [-0.39, 0.29) is 11.8 Å². The fourth-order valence-electron chi connectivity index (χ4n) is 3.96. The topological polar surface area (TPSA) is 88.7 Å². The van der Waals surface area contributed by atoms with Gasteiger partial charge in [-0.2, -0.15) is 0 Å². The molecule has 28 heavy (non-hydrogen) atoms. The van der Waals surface area contributed by atoms with Crippen LogP contribution in [0.15, 0.2) is 35.6 Å². The average molecular weight is 379 g/mol. The molecule has 8 heteroatoms. The minimum atomic E-state index is 0.113. The fraction of sp³-hybridized carbons (Fsp3) is 0.450. The maximum atomic E-state index is 11.9. The maximum absolute atomic E-state index is 11.9. The molecule has 0 unspecified atom stereocenters. The molecule has 1 amide bonds. The molecule has 8 nitrogen and oxygen atoms in total. The van der Waals surface area contributed by atoms with E-state index in [1.165, 1.54) is 0 Å². The highest BCUT2D eigenvalue weighted by molar-refractivity contribution is 5.93. The first-order chi connectivity index (χ1) is 13.7. The molecule has 0 radical (unpaired) electrons. The van der Waals surface area contributed by atoms with E-state index in [0.717, 1.165) is 60.4 Å². The number of aromatic amines is 1. The molecular weight excluding hydrogens is 354 g/mol. The molecule has 1 saturated carbocycles. The van der Waals surface area contributed by atoms with Crippen molar-refractivity contribution in [1.82, 2.24) is 20.2 Å². The summed E-state index contributed by atoms with van der Waals surface area (Å²) in [5.74, 6) is 2.40. The Morgan fingerprint density at radius 1 is 1.29 bits per heavy atom. The Bertz CT molecular complexity index is 992. The van der Waals surface area contributed by atoms with Crippen molar-refractivity contribution >= 4 is 23.2 Å². The van der Waals surface area contributed by atoms with Crippen LogP contribution in [0, 0.1) is 5.92 Å². The van der Waals surface area contributed by atoms with Gasteiger partial charge in [-0.15, -0.1) is 0 Å². The van der Waals surface area contributed by atoms with Crippen molar-refractivity contribution in [2.24, 2.45) is 10.9 Å². The molecule has 0 spiro atoms. The number of carbonyl (C=O) groups excluding carboxylic acids is 1. The minimum absolute atomic E-state index is 0.113. The number of hydrogen-bond acceptors (Lipinski definition) is 6. The predicted molar refractivity (Wildman–Crippen MR) is 107 cm³/mol. The van der Waals surface area contributed by atoms with Crippen LogP contribution in [-0.4, -0.2) is 53.6 Å². The van der Waals surface area contributed by atoms with E-state index in [2.05, 4.69) is 48.5 Å². The number of anilines is 2. The lowest BCUT2D eigenvalue weighted by atomic mass is 10.2. The Hall–Kier alpha value is -3.03. The van der Waals surface area contributed by atoms with Crippen molar-refractivity contribution in [3.05, 3.63) is 41.3 Å². The van der Waals surface area contributed by atoms with Gasteiger partial charge in [0.05, 0.1) is 17.1 Å². The molecule has 0 bridgehead atoms. The summed E-state index contributed by atoms with van der Waals surface area (Å²) in [5.41, 5.74) is 1.73. The van der Waals surface area contributed by atoms with Gasteiger partial charge in [0, 0.05) is 38.3 Å². The summed E-state index contributed by atoms with van der Waals surface area (Å²) in [5, 5.41) is 7.51. The van der Waals surface area contributed by atoms with E-state index >= 15 is 0 Å². The SMILES string of the molecule is CN(c1ccc(NC(=O)C2CC2)cn1)[C@@H]1CCN(C2=c3cc[nH]c3=NCN2)C1. The molecule has 5 rings (SSSR count). The van der Waals surface area contributed by atoms with Crippen LogP contribution in [0.5, 0.6) is 0 Å². The summed E-state index contributed by atoms with van der Waals surface area (Å²) >= 11 is 0. The van der Waals surface area contributed by atoms with E-state index < -0.39 is 0 Å². The third-order valence-electron chi connectivity index (χ3n) is 5.82. The lowest BCUT2D eigenvalue weighted by Crippen LogP contribution is -2.44. The number of likely N-dealkylation sites (tertiary alicyclic amines) is 1. The smallest absolute Gasteiger partial charge is 0.227 e. The summed E-state index contributed by atoms with van der Waals surface area (Å²) in [4.78, 5) is 28.7. The van der Waals surface area contributed by atoms with Gasteiger partial charge in [-0.3, -0.25) is 4.79 Å². The Labute approximate surface area is 163 Å². The molecule has 2 aromatic heterocycles. The summed E-state index contributed by atoms with van der Waals surface area (Å²) in [6, 6.07) is 6.39. The van der Waals surface area contributed by atoms with Gasteiger partial charge in [-0.25, -0.2) is 9.98 Å². The van der Waals surface area contributed by atoms with E-state index in [1.807, 2.05) is 18.3 Å². The van der Waals surface area contributed by atoms with Crippen molar-refractivity contribution in [2.75, 3.05) is 37.0 Å². The lowest BCUT2D eigenvalue weighted by molar-refractivity contribution is -0.117. The lowest BCUT2D eigenvalue weighted by Gasteiger charge is -2.28. The normalized spacial score (nSPS) is 21.0. The first kappa shape index (κ1) is 17.1. The number of pyridine rings is 1. The van der Waals surface area contributed by atoms with E-state index in [9.17, 15) is 4.79 Å². The largest absolute Gasteiger partial charge is 0.356 e. The summed E-state index contributed by atoms with van der Waals surface area (Å²) in [7, 11) is 2.09. The van der Waals surface area contributed by atoms with Crippen molar-refractivity contribution in [1.29, 1.82) is 0 Å². The highest BCUT2D eigenvalue weighted by atomic mass is 16.2. The molecule has 3 aliphatic rings. The second-order valence-electron chi connectivity index (χ2n) is 7.75. The zero-order valence-electron chi connectivity index (χ0n) is 16.0. The third-order valence-corrected chi connectivity index (χ3v) is 5.82. The number of hydrogen-bond donors (Lipinski definition) is 3. The van der Waals surface area contributed by atoms with Crippen molar-refractivity contribution in [3.63, 3.8) is 0 Å². The van der Waals surface area contributed by atoms with Gasteiger partial charge >= 0.3 is 0 Å². The highest BCUT2D eigenvalue weighted by Gasteiger charge is 2.30. The van der Waals surface area contributed by atoms with Crippen LogP contribution in [0.2, 0.25) is 0 Å². The number of fused-ring (bicyclic) bond motifs is 1. The number of H-pyrrole nitrogens is 1. The van der Waals surface area contributed by atoms with E-state index in [1.54, 1.807) is 6.20 Å². The second kappa shape index (κ2) is 6.85. The van der Waals surface area contributed by atoms with Gasteiger partial charge in [0.15, 0.2) is 0 Å². The zero-order valence-corrected chi connectivity index (χ0v) is 16.0. The predicted octanol–water partition coefficient (Wildman–Crippen LogP) is 0.215.